The monoisotopic (exact) mass is 339 g/mol. The zero-order chi connectivity index (χ0) is 15.4. The second-order valence-corrected chi connectivity index (χ2v) is 11.9. The first kappa shape index (κ1) is 20.4. The van der Waals surface area contributed by atoms with Crippen LogP contribution in [-0.2, 0) is 21.1 Å². The van der Waals surface area contributed by atoms with E-state index in [4.69, 9.17) is 16.3 Å². The van der Waals surface area contributed by atoms with E-state index in [-0.39, 0.29) is 0 Å². The molecule has 0 aliphatic rings. The second kappa shape index (κ2) is 12.0. The van der Waals surface area contributed by atoms with E-state index in [9.17, 15) is 4.79 Å². The second-order valence-electron chi connectivity index (χ2n) is 4.89. The van der Waals surface area contributed by atoms with Crippen molar-refractivity contribution in [3.63, 3.8) is 0 Å². The number of nitrogens with zero attached hydrogens (tertiary/aromatic N) is 1. The van der Waals surface area contributed by atoms with E-state index >= 15 is 0 Å². The van der Waals surface area contributed by atoms with E-state index in [1.807, 2.05) is 6.92 Å². The molecule has 1 amide bonds. The summed E-state index contributed by atoms with van der Waals surface area (Å²) in [6, 6.07) is 0. The summed E-state index contributed by atoms with van der Waals surface area (Å²) >= 11 is 7.38. The molecule has 0 aromatic carbocycles. The highest BCUT2D eigenvalue weighted by Gasteiger charge is 2.28. The topological polar surface area (TPSA) is 29.5 Å². The summed E-state index contributed by atoms with van der Waals surface area (Å²) in [5, 5.41) is 0.426. The molecule has 0 heterocycles. The first-order chi connectivity index (χ1) is 9.53. The van der Waals surface area contributed by atoms with Crippen molar-refractivity contribution in [1.29, 1.82) is 0 Å². The summed E-state index contributed by atoms with van der Waals surface area (Å²) in [7, 11) is 0. The Labute approximate surface area is 134 Å². The van der Waals surface area contributed by atoms with Crippen LogP contribution in [-0.4, -0.2) is 29.5 Å². The van der Waals surface area contributed by atoms with Crippen LogP contribution in [0.15, 0.2) is 0 Å². The Morgan fingerprint density at radius 2 is 1.90 bits per heavy atom. The SMILES string of the molecule is CCCCCCCN(C=O)P(=S)(OCC)SC(C)CC. The largest absolute Gasteiger partial charge is 0.327 e. The predicted octanol–water partition coefficient (Wildman–Crippen LogP) is 5.21. The third-order valence-corrected chi connectivity index (χ3v) is 10.1. The van der Waals surface area contributed by atoms with Crippen LogP contribution in [0.5, 0.6) is 0 Å². The standard InChI is InChI=1S/C14H30NO2PS2/c1-5-8-9-10-11-12-15(13-16)18(19,17-7-3)20-14(4)6-2/h13-14H,5-12H2,1-4H3. The average Bonchev–Trinajstić information content (AvgIpc) is 2.42. The van der Waals surface area contributed by atoms with Gasteiger partial charge >= 0.3 is 0 Å². The molecule has 0 rings (SSSR count). The van der Waals surface area contributed by atoms with E-state index in [2.05, 4.69) is 20.8 Å². The molecule has 0 aromatic rings. The van der Waals surface area contributed by atoms with Crippen molar-refractivity contribution in [3.8, 4) is 0 Å². The van der Waals surface area contributed by atoms with Gasteiger partial charge in [-0.2, -0.15) is 0 Å². The third-order valence-electron chi connectivity index (χ3n) is 3.11. The van der Waals surface area contributed by atoms with Gasteiger partial charge in [0.05, 0.1) is 6.61 Å². The van der Waals surface area contributed by atoms with Gasteiger partial charge in [-0.25, -0.2) is 0 Å². The van der Waals surface area contributed by atoms with Crippen molar-refractivity contribution in [2.24, 2.45) is 0 Å². The summed E-state index contributed by atoms with van der Waals surface area (Å²) in [6.45, 7) is 9.74. The number of hydrogen-bond donors (Lipinski definition) is 0. The molecule has 0 saturated heterocycles. The molecule has 120 valence electrons. The van der Waals surface area contributed by atoms with Crippen molar-refractivity contribution in [2.75, 3.05) is 13.2 Å². The van der Waals surface area contributed by atoms with Gasteiger partial charge in [-0.05, 0) is 31.6 Å². The molecule has 0 bridgehead atoms. The minimum Gasteiger partial charge on any atom is -0.327 e. The van der Waals surface area contributed by atoms with Gasteiger partial charge in [0.1, 0.15) is 0 Å². The molecular weight excluding hydrogens is 309 g/mol. The van der Waals surface area contributed by atoms with Crippen LogP contribution in [0.3, 0.4) is 0 Å². The minimum atomic E-state index is -2.24. The number of amides is 1. The summed E-state index contributed by atoms with van der Waals surface area (Å²) < 4.78 is 7.58. The van der Waals surface area contributed by atoms with Crippen LogP contribution in [0.25, 0.3) is 0 Å². The molecule has 0 radical (unpaired) electrons. The van der Waals surface area contributed by atoms with Crippen molar-refractivity contribution in [3.05, 3.63) is 0 Å². The maximum atomic E-state index is 11.4. The van der Waals surface area contributed by atoms with Crippen LogP contribution in [0.4, 0.5) is 0 Å². The van der Waals surface area contributed by atoms with Gasteiger partial charge in [-0.15, -0.1) is 0 Å². The van der Waals surface area contributed by atoms with Gasteiger partial charge in [-0.1, -0.05) is 57.8 Å². The molecule has 2 unspecified atom stereocenters. The van der Waals surface area contributed by atoms with Gasteiger partial charge in [-0.3, -0.25) is 9.46 Å². The highest BCUT2D eigenvalue weighted by molar-refractivity contribution is 8.69. The first-order valence-corrected chi connectivity index (χ1v) is 11.8. The van der Waals surface area contributed by atoms with Crippen LogP contribution in [0.1, 0.15) is 66.2 Å². The lowest BCUT2D eigenvalue weighted by molar-refractivity contribution is -0.114. The van der Waals surface area contributed by atoms with Gasteiger partial charge in [0.2, 0.25) is 12.0 Å². The van der Waals surface area contributed by atoms with Crippen molar-refractivity contribution < 1.29 is 9.32 Å². The maximum absolute atomic E-state index is 11.4. The number of carbonyl (C=O) groups is 1. The lowest BCUT2D eigenvalue weighted by Gasteiger charge is -2.32. The van der Waals surface area contributed by atoms with Crippen LogP contribution in [0, 0.1) is 0 Å². The van der Waals surface area contributed by atoms with E-state index in [0.29, 0.717) is 11.9 Å². The van der Waals surface area contributed by atoms with Gasteiger partial charge in [0, 0.05) is 11.8 Å². The summed E-state index contributed by atoms with van der Waals surface area (Å²) in [5.74, 6) is 0. The van der Waals surface area contributed by atoms with Crippen LogP contribution >= 0.6 is 17.0 Å². The molecule has 0 N–H and O–H groups in total. The minimum absolute atomic E-state index is 0.426. The summed E-state index contributed by atoms with van der Waals surface area (Å²) in [6.07, 6.45) is 7.85. The first-order valence-electron chi connectivity index (χ1n) is 7.69. The fourth-order valence-corrected chi connectivity index (χ4v) is 8.54. The van der Waals surface area contributed by atoms with Crippen molar-refractivity contribution in [1.82, 2.24) is 4.67 Å². The lowest BCUT2D eigenvalue weighted by atomic mass is 10.1. The Balaban J connectivity index is 4.50. The molecule has 0 saturated carbocycles. The predicted molar refractivity (Wildman–Crippen MR) is 94.8 cm³/mol. The Kier molecular flexibility index (Phi) is 12.3. The third kappa shape index (κ3) is 8.02. The maximum Gasteiger partial charge on any atom is 0.215 e. The molecule has 0 fully saturated rings. The van der Waals surface area contributed by atoms with E-state index in [1.165, 1.54) is 19.3 Å². The molecule has 2 atom stereocenters. The van der Waals surface area contributed by atoms with Gasteiger partial charge < -0.3 is 4.52 Å². The lowest BCUT2D eigenvalue weighted by Crippen LogP contribution is -2.21. The Bertz CT molecular complexity index is 303. The van der Waals surface area contributed by atoms with Crippen LogP contribution in [0.2, 0.25) is 0 Å². The fourth-order valence-electron chi connectivity index (χ4n) is 1.74. The fraction of sp³-hybridized carbons (Fsp3) is 0.929. The Morgan fingerprint density at radius 3 is 2.40 bits per heavy atom. The molecule has 3 nitrogen and oxygen atoms in total. The van der Waals surface area contributed by atoms with Gasteiger partial charge in [0.15, 0.2) is 0 Å². The average molecular weight is 340 g/mol. The molecule has 20 heavy (non-hydrogen) atoms. The zero-order valence-corrected chi connectivity index (χ0v) is 15.9. The van der Waals surface area contributed by atoms with E-state index < -0.39 is 5.62 Å². The molecule has 6 heteroatoms. The smallest absolute Gasteiger partial charge is 0.215 e. The van der Waals surface area contributed by atoms with E-state index in [0.717, 1.165) is 32.2 Å². The molecule has 0 aliphatic carbocycles. The molecule has 0 aromatic heterocycles. The summed E-state index contributed by atoms with van der Waals surface area (Å²) in [4.78, 5) is 11.4. The molecule has 0 spiro atoms. The number of unbranched alkanes of at least 4 members (excludes halogenated alkanes) is 4. The highest BCUT2D eigenvalue weighted by atomic mass is 32.9. The summed E-state index contributed by atoms with van der Waals surface area (Å²) in [5.41, 5.74) is -2.24. The normalized spacial score (nSPS) is 15.6. The Hall–Kier alpha value is 0.430. The van der Waals surface area contributed by atoms with Crippen molar-refractivity contribution in [2.45, 2.75) is 71.5 Å². The quantitative estimate of drug-likeness (QED) is 0.262. The molecule has 0 aliphatic heterocycles. The van der Waals surface area contributed by atoms with E-state index in [1.54, 1.807) is 16.1 Å². The Morgan fingerprint density at radius 1 is 1.25 bits per heavy atom. The molecular formula is C14H30NO2PS2. The highest BCUT2D eigenvalue weighted by Crippen LogP contribution is 2.64. The van der Waals surface area contributed by atoms with Crippen molar-refractivity contribution >= 4 is 35.2 Å². The van der Waals surface area contributed by atoms with Gasteiger partial charge in [0.25, 0.3) is 0 Å². The number of hydrogen-bond acceptors (Lipinski definition) is 4. The number of rotatable bonds is 13. The number of carbonyl (C=O) groups excluding carboxylic acids is 1. The zero-order valence-electron chi connectivity index (χ0n) is 13.3. The van der Waals surface area contributed by atoms with Crippen LogP contribution < -0.4 is 0 Å².